The Morgan fingerprint density at radius 2 is 1.97 bits per heavy atom. The van der Waals surface area contributed by atoms with E-state index in [2.05, 4.69) is 28.1 Å². The van der Waals surface area contributed by atoms with Gasteiger partial charge in [-0.25, -0.2) is 14.1 Å². The van der Waals surface area contributed by atoms with Gasteiger partial charge in [-0.3, -0.25) is 19.2 Å². The molecule has 0 spiro atoms. The van der Waals surface area contributed by atoms with Crippen molar-refractivity contribution < 1.29 is 56.5 Å². The van der Waals surface area contributed by atoms with Gasteiger partial charge in [-0.2, -0.15) is 9.29 Å². The van der Waals surface area contributed by atoms with Crippen LogP contribution in [0.4, 0.5) is 5.95 Å². The summed E-state index contributed by atoms with van der Waals surface area (Å²) in [6, 6.07) is 0. The molecule has 0 aromatic carbocycles. The molecule has 1 aliphatic heterocycles. The Balaban J connectivity index is 1.68. The van der Waals surface area contributed by atoms with Gasteiger partial charge < -0.3 is 30.5 Å². The van der Waals surface area contributed by atoms with Crippen molar-refractivity contribution in [2.75, 3.05) is 12.3 Å². The summed E-state index contributed by atoms with van der Waals surface area (Å²) in [7, 11) is -14.3. The second-order valence-electron chi connectivity index (χ2n) is 5.96. The summed E-state index contributed by atoms with van der Waals surface area (Å²) in [4.78, 5) is 47.8. The van der Waals surface area contributed by atoms with Crippen molar-refractivity contribution >= 4 is 41.0 Å². The van der Waals surface area contributed by atoms with Crippen molar-refractivity contribution in [2.45, 2.75) is 24.5 Å². The fourth-order valence-corrected chi connectivity index (χ4v) is 5.21. The molecule has 0 bridgehead atoms. The summed E-state index contributed by atoms with van der Waals surface area (Å²) >= 11 is 0. The van der Waals surface area contributed by atoms with E-state index < -0.39 is 60.6 Å². The Labute approximate surface area is 171 Å². The first-order valence-electron chi connectivity index (χ1n) is 7.91. The predicted molar refractivity (Wildman–Crippen MR) is 96.1 cm³/mol. The van der Waals surface area contributed by atoms with Crippen LogP contribution in [0.25, 0.3) is 11.2 Å². The Morgan fingerprint density at radius 1 is 1.29 bits per heavy atom. The molecule has 2 aromatic rings. The number of nitrogens with zero attached hydrogens (tertiary/aromatic N) is 3. The smallest absolute Gasteiger partial charge is 0.387 e. The monoisotopic (exact) mass is 506 g/mol. The lowest BCUT2D eigenvalue weighted by atomic mass is 10.1. The molecule has 3 heterocycles. The summed E-state index contributed by atoms with van der Waals surface area (Å²) in [5, 5.41) is 20.4. The number of rotatable bonds is 8. The van der Waals surface area contributed by atoms with E-state index in [9.17, 15) is 28.7 Å². The number of phosphoric acid groups is 2. The number of nitrogens with two attached hydrogens (primary N) is 1. The van der Waals surface area contributed by atoms with Crippen LogP contribution < -0.4 is 11.3 Å². The van der Waals surface area contributed by atoms with Gasteiger partial charge >= 0.3 is 23.9 Å². The van der Waals surface area contributed by atoms with Crippen molar-refractivity contribution in [3.63, 3.8) is 0 Å². The number of ether oxygens (including phenoxy) is 1. The van der Waals surface area contributed by atoms with E-state index in [0.717, 1.165) is 10.9 Å². The number of hydrogen-bond acceptors (Lipinski definition) is 13. The van der Waals surface area contributed by atoms with Crippen LogP contribution in [0.3, 0.4) is 0 Å². The number of H-pyrrole nitrogens is 1. The van der Waals surface area contributed by atoms with Crippen LogP contribution in [0, 0.1) is 0 Å². The molecule has 0 aliphatic carbocycles. The molecule has 4 unspecified atom stereocenters. The highest BCUT2D eigenvalue weighted by molar-refractivity contribution is 7.64. The average molecular weight is 506 g/mol. The molecule has 0 radical (unpaired) electrons. The number of fused-ring (bicyclic) bond motifs is 1. The third-order valence-electron chi connectivity index (χ3n) is 3.79. The minimum atomic E-state index is -5.44. The number of nitrogen functional groups attached to an aromatic ring is 1. The summed E-state index contributed by atoms with van der Waals surface area (Å²) < 4.78 is 52.0. The molecule has 18 nitrogen and oxygen atoms in total. The van der Waals surface area contributed by atoms with Crippen LogP contribution in [0.15, 0.2) is 11.1 Å². The first-order chi connectivity index (χ1) is 14.3. The number of aromatic nitrogens is 4. The van der Waals surface area contributed by atoms with Gasteiger partial charge in [0.2, 0.25) is 5.95 Å². The van der Waals surface area contributed by atoms with Crippen LogP contribution in [0.5, 0.6) is 0 Å². The molecule has 3 rings (SSSR count). The molecule has 172 valence electrons. The van der Waals surface area contributed by atoms with E-state index in [4.69, 9.17) is 25.2 Å². The van der Waals surface area contributed by atoms with Crippen LogP contribution in [-0.2, 0) is 31.6 Å². The van der Waals surface area contributed by atoms with Crippen LogP contribution in [0.1, 0.15) is 6.23 Å². The van der Waals surface area contributed by atoms with Crippen molar-refractivity contribution in [3.05, 3.63) is 16.7 Å². The number of hydrogen-bond donors (Lipinski definition) is 7. The predicted octanol–water partition coefficient (Wildman–Crippen LogP) is -1.78. The molecule has 21 heteroatoms. The zero-order valence-electron chi connectivity index (χ0n) is 14.9. The quantitative estimate of drug-likeness (QED) is 0.195. The Hall–Kier alpha value is -1.65. The molecule has 6 atom stereocenters. The molecular weight excluding hydrogens is 491 g/mol. The van der Waals surface area contributed by atoms with Gasteiger partial charge in [0, 0.05) is 4.57 Å². The minimum absolute atomic E-state index is 0.0655. The zero-order chi connectivity index (χ0) is 23.1. The van der Waals surface area contributed by atoms with Crippen molar-refractivity contribution in [1.82, 2.24) is 19.5 Å². The maximum absolute atomic E-state index is 11.8. The third kappa shape index (κ3) is 5.59. The van der Waals surface area contributed by atoms with E-state index in [1.807, 2.05) is 0 Å². The first-order valence-corrected chi connectivity index (χ1v) is 12.0. The number of aliphatic hydroxyl groups excluding tert-OH is 2. The highest BCUT2D eigenvalue weighted by Gasteiger charge is 2.48. The fourth-order valence-electron chi connectivity index (χ4n) is 2.62. The van der Waals surface area contributed by atoms with Gasteiger partial charge in [0.25, 0.3) is 5.56 Å². The highest BCUT2D eigenvalue weighted by atomic mass is 31.3. The largest absolute Gasteiger partial charge is 0.708 e. The lowest BCUT2D eigenvalue weighted by Crippen LogP contribution is -2.33. The summed E-state index contributed by atoms with van der Waals surface area (Å²) in [5.74, 6) is -0.243. The minimum Gasteiger partial charge on any atom is -0.387 e. The SMILES string of the molecule is Nc1nc2c(ncn2[C@@H]2O[C@H](CO[P+](=O)OP(=O)(O)OP(=O)(O)O)C(O)C2O)c(=O)[nH]1. The normalized spacial score (nSPS) is 26.8. The topological polar surface area (TPSA) is 279 Å². The van der Waals surface area contributed by atoms with Gasteiger partial charge in [0.1, 0.15) is 24.9 Å². The second-order valence-corrected chi connectivity index (χ2v) is 9.89. The number of imidazole rings is 1. The molecule has 0 amide bonds. The standard InChI is InChI=1S/C10H14N5O13P3/c11-10-13-7-4(8(18)14-10)12-2-15(7)9-6(17)5(16)3(26-9)1-25-29(19)27-31(23,24)28-30(20,21)22/h2-3,5-6,9,16-17H,1H2,(H5-,11,13,14,18,20,21,22,23,24)/p+1/t3-,5?,6?,9-/m1/s1. The van der Waals surface area contributed by atoms with Crippen LogP contribution in [0.2, 0.25) is 0 Å². The van der Waals surface area contributed by atoms with E-state index in [-0.39, 0.29) is 17.1 Å². The summed E-state index contributed by atoms with van der Waals surface area (Å²) in [5.41, 5.74) is 4.63. The summed E-state index contributed by atoms with van der Waals surface area (Å²) in [6.07, 6.45) is -4.82. The Morgan fingerprint density at radius 3 is 2.61 bits per heavy atom. The Kier molecular flexibility index (Phi) is 6.74. The number of anilines is 1. The molecule has 0 saturated carbocycles. The van der Waals surface area contributed by atoms with Gasteiger partial charge in [-0.1, -0.05) is 0 Å². The zero-order valence-corrected chi connectivity index (χ0v) is 17.5. The van der Waals surface area contributed by atoms with Crippen LogP contribution >= 0.6 is 23.9 Å². The molecule has 1 aliphatic rings. The Bertz CT molecular complexity index is 1140. The third-order valence-corrected chi connectivity index (χ3v) is 7.18. The summed E-state index contributed by atoms with van der Waals surface area (Å²) in [6.45, 7) is -0.761. The van der Waals surface area contributed by atoms with E-state index in [1.165, 1.54) is 0 Å². The molecule has 1 saturated heterocycles. The van der Waals surface area contributed by atoms with E-state index in [1.54, 1.807) is 0 Å². The van der Waals surface area contributed by atoms with Gasteiger partial charge in [-0.15, -0.1) is 4.52 Å². The molecule has 1 fully saturated rings. The fraction of sp³-hybridized carbons (Fsp3) is 0.500. The highest BCUT2D eigenvalue weighted by Crippen LogP contribution is 2.61. The average Bonchev–Trinajstić information content (AvgIpc) is 3.13. The first kappa shape index (κ1) is 24.0. The maximum atomic E-state index is 11.8. The molecule has 31 heavy (non-hydrogen) atoms. The number of nitrogens with one attached hydrogen (secondary N) is 1. The van der Waals surface area contributed by atoms with Gasteiger partial charge in [0.15, 0.2) is 17.4 Å². The lowest BCUT2D eigenvalue weighted by molar-refractivity contribution is -0.0476. The van der Waals surface area contributed by atoms with E-state index in [0.29, 0.717) is 0 Å². The van der Waals surface area contributed by atoms with Gasteiger partial charge in [-0.05, 0) is 4.31 Å². The van der Waals surface area contributed by atoms with Crippen molar-refractivity contribution in [3.8, 4) is 0 Å². The number of aliphatic hydroxyl groups is 2. The molecule has 2 aromatic heterocycles. The van der Waals surface area contributed by atoms with Crippen molar-refractivity contribution in [2.24, 2.45) is 0 Å². The molecular formula is C10H15N5O13P3+. The van der Waals surface area contributed by atoms with Crippen LogP contribution in [-0.4, -0.2) is 69.3 Å². The van der Waals surface area contributed by atoms with E-state index >= 15 is 0 Å². The lowest BCUT2D eigenvalue weighted by Gasteiger charge is -2.16. The maximum Gasteiger partial charge on any atom is 0.708 e. The second kappa shape index (κ2) is 8.71. The number of aromatic amines is 1. The van der Waals surface area contributed by atoms with Crippen molar-refractivity contribution in [1.29, 1.82) is 0 Å². The van der Waals surface area contributed by atoms with Gasteiger partial charge in [0.05, 0.1) is 6.33 Å². The molecule has 8 N–H and O–H groups in total.